The number of carbonyl (C=O) groups is 1. The van der Waals surface area contributed by atoms with Crippen LogP contribution in [0, 0.1) is 6.92 Å². The minimum atomic E-state index is -4.18. The monoisotopic (exact) mass is 291 g/mol. The molecule has 0 unspecified atom stereocenters. The van der Waals surface area contributed by atoms with Gasteiger partial charge in [0.1, 0.15) is 4.90 Å². The number of primary amides is 1. The fraction of sp³-hybridized carbons (Fsp3) is 0.0714. The van der Waals surface area contributed by atoms with Crippen molar-refractivity contribution in [1.29, 1.82) is 0 Å². The fourth-order valence-electron chi connectivity index (χ4n) is 1.84. The van der Waals surface area contributed by atoms with E-state index < -0.39 is 16.2 Å². The minimum Gasteiger partial charge on any atom is -0.334 e. The Balaban J connectivity index is 2.52. The van der Waals surface area contributed by atoms with Gasteiger partial charge in [-0.15, -0.1) is 0 Å². The normalized spacial score (nSPS) is 11.1. The molecule has 1 amide bonds. The Hall–Kier alpha value is -2.34. The Morgan fingerprint density at radius 3 is 2.35 bits per heavy atom. The van der Waals surface area contributed by atoms with Gasteiger partial charge in [-0.25, -0.2) is 4.79 Å². The van der Waals surface area contributed by atoms with Crippen molar-refractivity contribution in [3.05, 3.63) is 54.1 Å². The molecular weight excluding hydrogens is 278 g/mol. The first-order valence-electron chi connectivity index (χ1n) is 5.80. The molecule has 0 bridgehead atoms. The van der Waals surface area contributed by atoms with Gasteiger partial charge in [-0.2, -0.15) is 8.42 Å². The molecule has 0 aliphatic rings. The SMILES string of the molecule is Cc1ccc(S(=O)(=O)OC(N)=O)cc1-c1ccccc1. The summed E-state index contributed by atoms with van der Waals surface area (Å²) in [5.74, 6) is 0. The van der Waals surface area contributed by atoms with Crippen molar-refractivity contribution in [3.63, 3.8) is 0 Å². The number of benzene rings is 2. The van der Waals surface area contributed by atoms with Crippen molar-refractivity contribution in [2.45, 2.75) is 11.8 Å². The molecule has 6 heteroatoms. The molecule has 0 saturated carbocycles. The first-order valence-corrected chi connectivity index (χ1v) is 7.21. The predicted octanol–water partition coefficient (Wildman–Crippen LogP) is 2.45. The van der Waals surface area contributed by atoms with Crippen molar-refractivity contribution in [2.75, 3.05) is 0 Å². The van der Waals surface area contributed by atoms with E-state index in [-0.39, 0.29) is 4.90 Å². The number of amides is 1. The van der Waals surface area contributed by atoms with E-state index in [1.165, 1.54) is 12.1 Å². The molecular formula is C14H13NO4S. The molecule has 0 spiro atoms. The molecule has 5 nitrogen and oxygen atoms in total. The highest BCUT2D eigenvalue weighted by Crippen LogP contribution is 2.26. The van der Waals surface area contributed by atoms with Gasteiger partial charge in [0.2, 0.25) is 0 Å². The predicted molar refractivity (Wildman–Crippen MR) is 74.5 cm³/mol. The van der Waals surface area contributed by atoms with E-state index in [1.807, 2.05) is 37.3 Å². The molecule has 20 heavy (non-hydrogen) atoms. The Morgan fingerprint density at radius 1 is 1.10 bits per heavy atom. The standard InChI is InChI=1S/C14H13NO4S/c1-10-7-8-12(20(17,18)19-14(15)16)9-13(10)11-5-3-2-4-6-11/h2-9H,1H3,(H2,15,16). The van der Waals surface area contributed by atoms with Crippen molar-refractivity contribution in [1.82, 2.24) is 0 Å². The highest BCUT2D eigenvalue weighted by molar-refractivity contribution is 7.87. The van der Waals surface area contributed by atoms with Crippen LogP contribution in [0.25, 0.3) is 11.1 Å². The molecule has 0 saturated heterocycles. The molecule has 0 atom stereocenters. The summed E-state index contributed by atoms with van der Waals surface area (Å²) in [5, 5.41) is 0. The lowest BCUT2D eigenvalue weighted by Gasteiger charge is -2.09. The molecule has 104 valence electrons. The zero-order valence-corrected chi connectivity index (χ0v) is 11.6. The number of aryl methyl sites for hydroxylation is 1. The summed E-state index contributed by atoms with van der Waals surface area (Å²) >= 11 is 0. The smallest absolute Gasteiger partial charge is 0.334 e. The summed E-state index contributed by atoms with van der Waals surface area (Å²) in [4.78, 5) is 10.5. The summed E-state index contributed by atoms with van der Waals surface area (Å²) in [6, 6.07) is 13.8. The number of hydrogen-bond acceptors (Lipinski definition) is 4. The average Bonchev–Trinajstić information content (AvgIpc) is 2.38. The first-order chi connectivity index (χ1) is 9.40. The largest absolute Gasteiger partial charge is 0.420 e. The highest BCUT2D eigenvalue weighted by Gasteiger charge is 2.19. The zero-order valence-electron chi connectivity index (χ0n) is 10.7. The molecule has 0 aliphatic heterocycles. The number of rotatable bonds is 3. The van der Waals surface area contributed by atoms with Crippen LogP contribution in [0.3, 0.4) is 0 Å². The molecule has 0 fully saturated rings. The second-order valence-electron chi connectivity index (χ2n) is 4.20. The maximum absolute atomic E-state index is 11.8. The lowest BCUT2D eigenvalue weighted by molar-refractivity contribution is 0.212. The molecule has 0 aromatic heterocycles. The average molecular weight is 291 g/mol. The van der Waals surface area contributed by atoms with Crippen molar-refractivity contribution < 1.29 is 17.4 Å². The summed E-state index contributed by atoms with van der Waals surface area (Å²) in [6.07, 6.45) is -1.35. The highest BCUT2D eigenvalue weighted by atomic mass is 32.2. The Morgan fingerprint density at radius 2 is 1.75 bits per heavy atom. The molecule has 2 aromatic carbocycles. The van der Waals surface area contributed by atoms with Crippen molar-refractivity contribution >= 4 is 16.2 Å². The van der Waals surface area contributed by atoms with Gasteiger partial charge < -0.3 is 9.92 Å². The summed E-state index contributed by atoms with van der Waals surface area (Å²) in [6.45, 7) is 1.87. The fourth-order valence-corrected chi connectivity index (χ4v) is 2.65. The molecule has 0 aliphatic carbocycles. The summed E-state index contributed by atoms with van der Waals surface area (Å²) < 4.78 is 27.8. The number of hydrogen-bond donors (Lipinski definition) is 1. The van der Waals surface area contributed by atoms with Gasteiger partial charge >= 0.3 is 16.2 Å². The van der Waals surface area contributed by atoms with E-state index >= 15 is 0 Å². The van der Waals surface area contributed by atoms with Gasteiger partial charge in [0.15, 0.2) is 0 Å². The molecule has 0 heterocycles. The van der Waals surface area contributed by atoms with E-state index in [4.69, 9.17) is 5.73 Å². The zero-order chi connectivity index (χ0) is 14.8. The van der Waals surface area contributed by atoms with Crippen molar-refractivity contribution in [2.24, 2.45) is 5.73 Å². The molecule has 2 N–H and O–H groups in total. The van der Waals surface area contributed by atoms with Crippen LogP contribution in [0.1, 0.15) is 5.56 Å². The van der Waals surface area contributed by atoms with Crippen LogP contribution in [0.4, 0.5) is 4.79 Å². The second kappa shape index (κ2) is 5.34. The van der Waals surface area contributed by atoms with E-state index in [2.05, 4.69) is 4.18 Å². The third-order valence-electron chi connectivity index (χ3n) is 2.77. The molecule has 2 rings (SSSR count). The van der Waals surface area contributed by atoms with E-state index in [1.54, 1.807) is 6.07 Å². The van der Waals surface area contributed by atoms with Gasteiger partial charge in [-0.05, 0) is 35.7 Å². The van der Waals surface area contributed by atoms with Gasteiger partial charge in [0.25, 0.3) is 0 Å². The van der Waals surface area contributed by atoms with Crippen LogP contribution in [0.5, 0.6) is 0 Å². The number of nitrogens with two attached hydrogens (primary N) is 1. The Labute approximate surface area is 117 Å². The lowest BCUT2D eigenvalue weighted by Crippen LogP contribution is -2.18. The quantitative estimate of drug-likeness (QED) is 0.880. The summed E-state index contributed by atoms with van der Waals surface area (Å²) in [7, 11) is -4.18. The minimum absolute atomic E-state index is 0.110. The number of carbonyl (C=O) groups excluding carboxylic acids is 1. The van der Waals surface area contributed by atoms with E-state index in [0.29, 0.717) is 0 Å². The molecule has 0 radical (unpaired) electrons. The first kappa shape index (κ1) is 14.1. The third kappa shape index (κ3) is 2.97. The van der Waals surface area contributed by atoms with Crippen LogP contribution >= 0.6 is 0 Å². The van der Waals surface area contributed by atoms with Gasteiger partial charge in [-0.3, -0.25) is 0 Å². The Bertz CT molecular complexity index is 739. The van der Waals surface area contributed by atoms with Crippen LogP contribution in [-0.4, -0.2) is 14.5 Å². The van der Waals surface area contributed by atoms with Gasteiger partial charge in [-0.1, -0.05) is 36.4 Å². The molecule has 2 aromatic rings. The van der Waals surface area contributed by atoms with Crippen LogP contribution in [0.2, 0.25) is 0 Å². The van der Waals surface area contributed by atoms with Crippen LogP contribution in [0.15, 0.2) is 53.4 Å². The summed E-state index contributed by atoms with van der Waals surface area (Å²) in [5.41, 5.74) is 7.29. The third-order valence-corrected chi connectivity index (χ3v) is 3.99. The van der Waals surface area contributed by atoms with Gasteiger partial charge in [0, 0.05) is 0 Å². The Kier molecular flexibility index (Phi) is 3.76. The van der Waals surface area contributed by atoms with Crippen molar-refractivity contribution in [3.8, 4) is 11.1 Å². The van der Waals surface area contributed by atoms with Crippen LogP contribution < -0.4 is 5.73 Å². The second-order valence-corrected chi connectivity index (χ2v) is 5.75. The maximum Gasteiger partial charge on any atom is 0.420 e. The van der Waals surface area contributed by atoms with E-state index in [9.17, 15) is 13.2 Å². The lowest BCUT2D eigenvalue weighted by atomic mass is 10.0. The van der Waals surface area contributed by atoms with E-state index in [0.717, 1.165) is 16.7 Å². The maximum atomic E-state index is 11.8. The van der Waals surface area contributed by atoms with Gasteiger partial charge in [0.05, 0.1) is 0 Å². The van der Waals surface area contributed by atoms with Crippen LogP contribution in [-0.2, 0) is 14.3 Å². The topological polar surface area (TPSA) is 86.5 Å².